The van der Waals surface area contributed by atoms with Crippen LogP contribution >= 0.6 is 0 Å². The molecule has 2 amide bonds. The van der Waals surface area contributed by atoms with E-state index < -0.39 is 36.2 Å². The fraction of sp³-hybridized carbons (Fsp3) is 0.375. The normalized spacial score (nSPS) is 15.0. The largest absolute Gasteiger partial charge is 0.481 e. The molecule has 5 N–H and O–H groups in total. The van der Waals surface area contributed by atoms with Crippen molar-refractivity contribution in [3.63, 3.8) is 0 Å². The summed E-state index contributed by atoms with van der Waals surface area (Å²) in [5.74, 6) is -1.96. The molecule has 2 atom stereocenters. The Bertz CT molecular complexity index is 976. The minimum absolute atomic E-state index is 0.0480. The summed E-state index contributed by atoms with van der Waals surface area (Å²) in [5, 5.41) is 32.8. The monoisotopic (exact) mass is 456 g/mol. The summed E-state index contributed by atoms with van der Waals surface area (Å²) in [5.41, 5.74) is 2.70. The number of carbonyl (C=O) groups excluding carboxylic acids is 2. The maximum absolute atomic E-state index is 12.5. The van der Waals surface area contributed by atoms with Crippen molar-refractivity contribution >= 4 is 18.0 Å². The fourth-order valence-corrected chi connectivity index (χ4v) is 3.78. The van der Waals surface area contributed by atoms with Crippen LogP contribution in [0.25, 0.3) is 11.1 Å². The van der Waals surface area contributed by atoms with E-state index in [0.717, 1.165) is 22.3 Å². The van der Waals surface area contributed by atoms with Gasteiger partial charge in [-0.3, -0.25) is 9.59 Å². The van der Waals surface area contributed by atoms with Gasteiger partial charge in [0.15, 0.2) is 0 Å². The van der Waals surface area contributed by atoms with Crippen LogP contribution in [-0.2, 0) is 14.3 Å². The summed E-state index contributed by atoms with van der Waals surface area (Å²) in [7, 11) is 0. The minimum Gasteiger partial charge on any atom is -0.481 e. The number of benzene rings is 2. The minimum atomic E-state index is -1.54. The first-order chi connectivity index (χ1) is 15.7. The predicted octanol–water partition coefficient (Wildman–Crippen LogP) is 1.62. The summed E-state index contributed by atoms with van der Waals surface area (Å²) in [4.78, 5) is 35.9. The lowest BCUT2D eigenvalue weighted by Crippen LogP contribution is -2.51. The third-order valence-corrected chi connectivity index (χ3v) is 5.58. The molecule has 3 rings (SSSR count). The number of carboxylic acids is 1. The highest BCUT2D eigenvalue weighted by atomic mass is 16.5. The molecule has 2 aromatic rings. The zero-order chi connectivity index (χ0) is 24.0. The Morgan fingerprint density at radius 3 is 2.18 bits per heavy atom. The molecule has 33 heavy (non-hydrogen) atoms. The average Bonchev–Trinajstić information content (AvgIpc) is 3.12. The molecule has 0 spiro atoms. The van der Waals surface area contributed by atoms with Crippen molar-refractivity contribution in [3.05, 3.63) is 59.7 Å². The van der Waals surface area contributed by atoms with E-state index in [1.165, 1.54) is 6.92 Å². The zero-order valence-electron chi connectivity index (χ0n) is 18.3. The van der Waals surface area contributed by atoms with Gasteiger partial charge >= 0.3 is 12.1 Å². The van der Waals surface area contributed by atoms with Crippen LogP contribution < -0.4 is 10.6 Å². The lowest BCUT2D eigenvalue weighted by atomic mass is 9.98. The Hall–Kier alpha value is -3.43. The number of aliphatic carboxylic acids is 1. The number of nitrogens with one attached hydrogen (secondary N) is 2. The van der Waals surface area contributed by atoms with E-state index in [1.54, 1.807) is 0 Å². The highest BCUT2D eigenvalue weighted by molar-refractivity contribution is 5.86. The number of carboxylic acid groups (broad SMARTS) is 1. The average molecular weight is 456 g/mol. The van der Waals surface area contributed by atoms with Crippen LogP contribution in [0.15, 0.2) is 48.5 Å². The van der Waals surface area contributed by atoms with Gasteiger partial charge in [-0.05, 0) is 35.6 Å². The number of amides is 2. The van der Waals surface area contributed by atoms with E-state index in [1.807, 2.05) is 48.5 Å². The van der Waals surface area contributed by atoms with Gasteiger partial charge in [0.25, 0.3) is 0 Å². The highest BCUT2D eigenvalue weighted by Crippen LogP contribution is 2.44. The molecule has 0 saturated carbocycles. The van der Waals surface area contributed by atoms with Crippen molar-refractivity contribution in [3.8, 4) is 11.1 Å². The van der Waals surface area contributed by atoms with Crippen molar-refractivity contribution in [2.75, 3.05) is 19.8 Å². The summed E-state index contributed by atoms with van der Waals surface area (Å²) in [6.07, 6.45) is -1.36. The smallest absolute Gasteiger partial charge is 0.407 e. The van der Waals surface area contributed by atoms with Gasteiger partial charge in [-0.15, -0.1) is 0 Å². The van der Waals surface area contributed by atoms with Gasteiger partial charge in [0, 0.05) is 18.9 Å². The second kappa shape index (κ2) is 10.5. The van der Waals surface area contributed by atoms with Gasteiger partial charge in [0.05, 0.1) is 6.61 Å². The van der Waals surface area contributed by atoms with E-state index in [0.29, 0.717) is 0 Å². The molecular formula is C24H28N2O7. The quantitative estimate of drug-likeness (QED) is 0.365. The van der Waals surface area contributed by atoms with Crippen LogP contribution in [0.1, 0.15) is 36.8 Å². The van der Waals surface area contributed by atoms with Gasteiger partial charge in [-0.1, -0.05) is 48.5 Å². The van der Waals surface area contributed by atoms with Crippen LogP contribution in [0.2, 0.25) is 0 Å². The van der Waals surface area contributed by atoms with E-state index in [4.69, 9.17) is 14.9 Å². The lowest BCUT2D eigenvalue weighted by Gasteiger charge is -2.23. The second-order valence-corrected chi connectivity index (χ2v) is 8.33. The number of rotatable bonds is 10. The predicted molar refractivity (Wildman–Crippen MR) is 120 cm³/mol. The number of aliphatic hydroxyl groups is 2. The van der Waals surface area contributed by atoms with Crippen LogP contribution in [0, 0.1) is 0 Å². The molecule has 2 aromatic carbocycles. The number of ether oxygens (including phenoxy) is 1. The van der Waals surface area contributed by atoms with E-state index in [2.05, 4.69) is 10.6 Å². The van der Waals surface area contributed by atoms with Gasteiger partial charge in [0.2, 0.25) is 5.91 Å². The van der Waals surface area contributed by atoms with Crippen molar-refractivity contribution < 1.29 is 34.4 Å². The molecule has 0 radical (unpaired) electrons. The first-order valence-corrected chi connectivity index (χ1v) is 10.7. The molecule has 9 heteroatoms. The number of fused-ring (bicyclic) bond motifs is 3. The molecular weight excluding hydrogens is 428 g/mol. The number of alkyl carbamates (subject to hydrolysis) is 1. The van der Waals surface area contributed by atoms with Crippen molar-refractivity contribution in [2.24, 2.45) is 0 Å². The zero-order valence-corrected chi connectivity index (χ0v) is 18.3. The molecule has 0 aromatic heterocycles. The summed E-state index contributed by atoms with van der Waals surface area (Å²) in [6.45, 7) is 0.538. The molecule has 0 saturated heterocycles. The van der Waals surface area contributed by atoms with Crippen LogP contribution in [0.4, 0.5) is 4.79 Å². The standard InChI is InChI=1S/C24H28N2O7/c1-24(32,14-27)13-25-22(30)20(10-11-21(28)29)26-23(31)33-12-19-17-8-4-2-6-15(17)16-7-3-5-9-18(16)19/h2-9,19-20,27,32H,10-14H2,1H3,(H,25,30)(H,26,31)(H,28,29). The van der Waals surface area contributed by atoms with Crippen LogP contribution in [0.3, 0.4) is 0 Å². The van der Waals surface area contributed by atoms with E-state index >= 15 is 0 Å². The van der Waals surface area contributed by atoms with Crippen molar-refractivity contribution in [2.45, 2.75) is 37.3 Å². The molecule has 176 valence electrons. The molecule has 0 heterocycles. The number of hydrogen-bond donors (Lipinski definition) is 5. The Morgan fingerprint density at radius 1 is 1.06 bits per heavy atom. The SMILES string of the molecule is CC(O)(CO)CNC(=O)C(CCC(=O)O)NC(=O)OCC1c2ccccc2-c2ccccc21. The number of carbonyl (C=O) groups is 3. The number of hydrogen-bond acceptors (Lipinski definition) is 6. The maximum Gasteiger partial charge on any atom is 0.407 e. The Morgan fingerprint density at radius 2 is 1.64 bits per heavy atom. The fourth-order valence-electron chi connectivity index (χ4n) is 3.78. The molecule has 1 aliphatic carbocycles. The summed E-state index contributed by atoms with van der Waals surface area (Å²) >= 11 is 0. The lowest BCUT2D eigenvalue weighted by molar-refractivity contribution is -0.137. The van der Waals surface area contributed by atoms with Crippen LogP contribution in [0.5, 0.6) is 0 Å². The van der Waals surface area contributed by atoms with Crippen molar-refractivity contribution in [1.29, 1.82) is 0 Å². The summed E-state index contributed by atoms with van der Waals surface area (Å²) in [6, 6.07) is 14.6. The second-order valence-electron chi connectivity index (χ2n) is 8.33. The van der Waals surface area contributed by atoms with Gasteiger partial charge in [0.1, 0.15) is 18.2 Å². The third kappa shape index (κ3) is 6.09. The summed E-state index contributed by atoms with van der Waals surface area (Å²) < 4.78 is 5.43. The molecule has 0 bridgehead atoms. The Balaban J connectivity index is 1.64. The highest BCUT2D eigenvalue weighted by Gasteiger charge is 2.30. The maximum atomic E-state index is 12.5. The molecule has 2 unspecified atom stereocenters. The number of aliphatic hydroxyl groups excluding tert-OH is 1. The first-order valence-electron chi connectivity index (χ1n) is 10.7. The van der Waals surface area contributed by atoms with Gasteiger partial charge < -0.3 is 30.7 Å². The van der Waals surface area contributed by atoms with Gasteiger partial charge in [-0.2, -0.15) is 0 Å². The Kier molecular flexibility index (Phi) is 7.67. The molecule has 0 fully saturated rings. The molecule has 9 nitrogen and oxygen atoms in total. The van der Waals surface area contributed by atoms with E-state index in [-0.39, 0.29) is 31.9 Å². The third-order valence-electron chi connectivity index (χ3n) is 5.58. The van der Waals surface area contributed by atoms with Crippen LogP contribution in [-0.4, -0.2) is 64.7 Å². The van der Waals surface area contributed by atoms with Crippen molar-refractivity contribution in [1.82, 2.24) is 10.6 Å². The van der Waals surface area contributed by atoms with E-state index in [9.17, 15) is 19.5 Å². The van der Waals surface area contributed by atoms with Gasteiger partial charge in [-0.25, -0.2) is 4.79 Å². The molecule has 1 aliphatic rings. The molecule has 0 aliphatic heterocycles. The topological polar surface area (TPSA) is 145 Å². The Labute approximate surface area is 191 Å². The first kappa shape index (κ1) is 24.2.